The molecule has 0 aliphatic carbocycles. The van der Waals surface area contributed by atoms with Crippen LogP contribution in [0, 0.1) is 0 Å². The largest absolute Gasteiger partial charge is 0.386 e. The van der Waals surface area contributed by atoms with Crippen LogP contribution in [-0.4, -0.2) is 73.3 Å². The summed E-state index contributed by atoms with van der Waals surface area (Å²) in [4.78, 5) is 12.5. The molecule has 6 atom stereocenters. The van der Waals surface area contributed by atoms with Gasteiger partial charge in [-0.1, -0.05) is 11.6 Å². The summed E-state index contributed by atoms with van der Waals surface area (Å²) in [6, 6.07) is 0. The van der Waals surface area contributed by atoms with Gasteiger partial charge in [0.05, 0.1) is 12.9 Å². The van der Waals surface area contributed by atoms with Crippen LogP contribution in [0.1, 0.15) is 33.9 Å². The highest BCUT2D eigenvalue weighted by Crippen LogP contribution is 2.43. The molecule has 0 bridgehead atoms. The summed E-state index contributed by atoms with van der Waals surface area (Å²) < 4.78 is 32.0. The molecule has 0 spiro atoms. The molecule has 158 valence electrons. The van der Waals surface area contributed by atoms with E-state index in [2.05, 4.69) is 15.0 Å². The lowest BCUT2D eigenvalue weighted by molar-refractivity contribution is -0.332. The van der Waals surface area contributed by atoms with E-state index >= 15 is 0 Å². The van der Waals surface area contributed by atoms with Crippen molar-refractivity contribution in [1.29, 1.82) is 0 Å². The molecule has 3 saturated heterocycles. The highest BCUT2D eigenvalue weighted by Gasteiger charge is 2.58. The van der Waals surface area contributed by atoms with Gasteiger partial charge in [-0.2, -0.15) is 0 Å². The molecule has 0 radical (unpaired) electrons. The first-order valence-corrected chi connectivity index (χ1v) is 9.87. The number of rotatable bonds is 1. The topological polar surface area (TPSA) is 110 Å². The summed E-state index contributed by atoms with van der Waals surface area (Å²) in [6.07, 6.45) is -1.29. The number of aromatic nitrogens is 4. The van der Waals surface area contributed by atoms with Gasteiger partial charge < -0.3 is 28.8 Å². The number of nitrogens with zero attached hydrogens (tertiary/aromatic N) is 4. The highest BCUT2D eigenvalue weighted by molar-refractivity contribution is 6.33. The molecule has 5 rings (SSSR count). The lowest BCUT2D eigenvalue weighted by Crippen LogP contribution is -2.55. The Labute approximate surface area is 172 Å². The molecule has 3 fully saturated rings. The highest BCUT2D eigenvalue weighted by atomic mass is 35.5. The van der Waals surface area contributed by atoms with Gasteiger partial charge in [0, 0.05) is 0 Å². The van der Waals surface area contributed by atoms with E-state index in [0.29, 0.717) is 11.2 Å². The zero-order chi connectivity index (χ0) is 20.6. The van der Waals surface area contributed by atoms with Crippen LogP contribution in [-0.2, 0) is 23.7 Å². The molecular formula is C18H23ClN4O6. The molecule has 5 heterocycles. The second-order valence-electron chi connectivity index (χ2n) is 8.40. The molecule has 3 aliphatic heterocycles. The minimum atomic E-state index is -1.08. The Balaban J connectivity index is 1.58. The average molecular weight is 427 g/mol. The van der Waals surface area contributed by atoms with Gasteiger partial charge in [-0.15, -0.1) is 0 Å². The number of aliphatic hydroxyl groups excluding tert-OH is 1. The summed E-state index contributed by atoms with van der Waals surface area (Å²) in [5, 5.41) is 11.5. The number of hydrogen-bond donors (Lipinski definition) is 1. The third kappa shape index (κ3) is 3.23. The summed E-state index contributed by atoms with van der Waals surface area (Å²) >= 11 is 6.13. The van der Waals surface area contributed by atoms with Crippen molar-refractivity contribution in [2.45, 2.75) is 76.0 Å². The van der Waals surface area contributed by atoms with E-state index < -0.39 is 48.3 Å². The normalized spacial score (nSPS) is 38.4. The van der Waals surface area contributed by atoms with Crippen molar-refractivity contribution in [3.8, 4) is 0 Å². The molecule has 2 aromatic heterocycles. The molecule has 10 nitrogen and oxygen atoms in total. The zero-order valence-electron chi connectivity index (χ0n) is 16.5. The van der Waals surface area contributed by atoms with Gasteiger partial charge in [0.1, 0.15) is 42.4 Å². The minimum Gasteiger partial charge on any atom is -0.386 e. The Morgan fingerprint density at radius 2 is 1.76 bits per heavy atom. The van der Waals surface area contributed by atoms with E-state index in [1.54, 1.807) is 4.57 Å². The molecule has 1 N–H and O–H groups in total. The minimum absolute atomic E-state index is 0.222. The summed E-state index contributed by atoms with van der Waals surface area (Å²) in [5.41, 5.74) is 0.865. The van der Waals surface area contributed by atoms with E-state index in [1.165, 1.54) is 12.7 Å². The van der Waals surface area contributed by atoms with Gasteiger partial charge in [-0.3, -0.25) is 4.57 Å². The van der Waals surface area contributed by atoms with Gasteiger partial charge in [-0.05, 0) is 27.7 Å². The first-order valence-electron chi connectivity index (χ1n) is 9.49. The van der Waals surface area contributed by atoms with Crippen molar-refractivity contribution in [1.82, 2.24) is 19.5 Å². The Hall–Kier alpha value is -1.40. The van der Waals surface area contributed by atoms with Crippen LogP contribution in [0.5, 0.6) is 0 Å². The van der Waals surface area contributed by atoms with Crippen LogP contribution in [0.15, 0.2) is 12.7 Å². The number of imidazole rings is 1. The fourth-order valence-electron chi connectivity index (χ4n) is 4.21. The van der Waals surface area contributed by atoms with Crippen molar-refractivity contribution < 1.29 is 28.8 Å². The van der Waals surface area contributed by atoms with Gasteiger partial charge in [-0.25, -0.2) is 15.0 Å². The lowest BCUT2D eigenvalue weighted by Gasteiger charge is -2.42. The standard InChI is InChI=1S/C18H23ClN4O6/c1-17(2)25-5-8-11(27-17)13-12(28-18(3,4)29-13)10(24)16(26-8)23-7-22-9-14(19)20-6-21-15(9)23/h6-8,10-13,16,24H,5H2,1-4H3/t8?,10?,11-,12-,13?,16?/m0/s1. The van der Waals surface area contributed by atoms with Crippen LogP contribution < -0.4 is 0 Å². The summed E-state index contributed by atoms with van der Waals surface area (Å²) in [7, 11) is 0. The maximum Gasteiger partial charge on any atom is 0.167 e. The number of aliphatic hydroxyl groups is 1. The number of ether oxygens (including phenoxy) is 5. The molecule has 0 amide bonds. The SMILES string of the molecule is CC1(C)OCC2OC(n3cnc4c(Cl)ncnc43)C(O)[C@@H]3OC(C)(C)OC3[C@H]2O1. The smallest absolute Gasteiger partial charge is 0.167 e. The quantitative estimate of drug-likeness (QED) is 0.676. The Morgan fingerprint density at radius 1 is 1.03 bits per heavy atom. The molecule has 11 heteroatoms. The van der Waals surface area contributed by atoms with Crippen molar-refractivity contribution >= 4 is 22.8 Å². The van der Waals surface area contributed by atoms with E-state index in [0.717, 1.165) is 0 Å². The predicted octanol–water partition coefficient (Wildman–Crippen LogP) is 1.41. The summed E-state index contributed by atoms with van der Waals surface area (Å²) in [6.45, 7) is 7.56. The third-order valence-electron chi connectivity index (χ3n) is 5.40. The molecule has 0 saturated carbocycles. The third-order valence-corrected chi connectivity index (χ3v) is 5.68. The molecule has 4 unspecified atom stereocenters. The van der Waals surface area contributed by atoms with E-state index in [-0.39, 0.29) is 11.8 Å². The second-order valence-corrected chi connectivity index (χ2v) is 8.76. The zero-order valence-corrected chi connectivity index (χ0v) is 17.2. The van der Waals surface area contributed by atoms with Gasteiger partial charge in [0.2, 0.25) is 0 Å². The van der Waals surface area contributed by atoms with Crippen LogP contribution in [0.2, 0.25) is 5.15 Å². The van der Waals surface area contributed by atoms with E-state index in [9.17, 15) is 5.11 Å². The maximum absolute atomic E-state index is 11.3. The van der Waals surface area contributed by atoms with Crippen molar-refractivity contribution in [2.75, 3.05) is 6.61 Å². The average Bonchev–Trinajstić information content (AvgIpc) is 3.19. The van der Waals surface area contributed by atoms with Crippen molar-refractivity contribution in [3.63, 3.8) is 0 Å². The Bertz CT molecular complexity index is 936. The van der Waals surface area contributed by atoms with E-state index in [1.807, 2.05) is 27.7 Å². The van der Waals surface area contributed by atoms with Crippen molar-refractivity contribution in [3.05, 3.63) is 17.8 Å². The second kappa shape index (κ2) is 6.55. The predicted molar refractivity (Wildman–Crippen MR) is 99.0 cm³/mol. The molecule has 3 aliphatic rings. The Kier molecular flexibility index (Phi) is 4.42. The van der Waals surface area contributed by atoms with Gasteiger partial charge in [0.25, 0.3) is 0 Å². The van der Waals surface area contributed by atoms with Crippen LogP contribution >= 0.6 is 11.6 Å². The Morgan fingerprint density at radius 3 is 2.55 bits per heavy atom. The molecule has 0 aromatic carbocycles. The number of hydrogen-bond acceptors (Lipinski definition) is 9. The summed E-state index contributed by atoms with van der Waals surface area (Å²) in [5.74, 6) is -1.69. The van der Waals surface area contributed by atoms with Crippen LogP contribution in [0.3, 0.4) is 0 Å². The van der Waals surface area contributed by atoms with Crippen LogP contribution in [0.25, 0.3) is 11.2 Å². The molecule has 2 aromatic rings. The number of halogens is 1. The fourth-order valence-corrected chi connectivity index (χ4v) is 4.38. The number of fused-ring (bicyclic) bond motifs is 4. The fraction of sp³-hybridized carbons (Fsp3) is 0.722. The monoisotopic (exact) mass is 426 g/mol. The lowest BCUT2D eigenvalue weighted by atomic mass is 9.99. The van der Waals surface area contributed by atoms with Crippen LogP contribution in [0.4, 0.5) is 0 Å². The maximum atomic E-state index is 11.3. The van der Waals surface area contributed by atoms with Crippen molar-refractivity contribution in [2.24, 2.45) is 0 Å². The first kappa shape index (κ1) is 19.6. The van der Waals surface area contributed by atoms with Gasteiger partial charge in [0.15, 0.2) is 28.6 Å². The first-order chi connectivity index (χ1) is 13.7. The molecule has 29 heavy (non-hydrogen) atoms. The van der Waals surface area contributed by atoms with Gasteiger partial charge >= 0.3 is 0 Å². The molecular weight excluding hydrogens is 404 g/mol. The van der Waals surface area contributed by atoms with E-state index in [4.69, 9.17) is 35.3 Å².